The fraction of sp³-hybridized carbons (Fsp3) is 0.308. The standard InChI is InChI=1S/C13H15N3O/c1-14-13(12-6-4-8-17-12)10-9-15-16-7-3-2-5-11(10)16/h2-3,5-7,9,13-14H,4,8H2,1H3. The summed E-state index contributed by atoms with van der Waals surface area (Å²) in [4.78, 5) is 0. The molecule has 88 valence electrons. The first-order valence-corrected chi connectivity index (χ1v) is 5.82. The van der Waals surface area contributed by atoms with Gasteiger partial charge >= 0.3 is 0 Å². The van der Waals surface area contributed by atoms with Crippen LogP contribution < -0.4 is 5.32 Å². The van der Waals surface area contributed by atoms with Crippen molar-refractivity contribution in [2.75, 3.05) is 13.7 Å². The molecule has 0 fully saturated rings. The van der Waals surface area contributed by atoms with Gasteiger partial charge in [0.1, 0.15) is 5.76 Å². The molecule has 0 saturated heterocycles. The van der Waals surface area contributed by atoms with Gasteiger partial charge in [-0.3, -0.25) is 0 Å². The van der Waals surface area contributed by atoms with E-state index in [1.165, 1.54) is 0 Å². The lowest BCUT2D eigenvalue weighted by molar-refractivity contribution is 0.218. The molecule has 1 unspecified atom stereocenters. The van der Waals surface area contributed by atoms with E-state index in [1.54, 1.807) is 0 Å². The summed E-state index contributed by atoms with van der Waals surface area (Å²) < 4.78 is 7.52. The maximum atomic E-state index is 5.64. The van der Waals surface area contributed by atoms with E-state index in [-0.39, 0.29) is 6.04 Å². The van der Waals surface area contributed by atoms with Gasteiger partial charge in [-0.25, -0.2) is 4.52 Å². The lowest BCUT2D eigenvalue weighted by atomic mass is 10.1. The normalized spacial score (nSPS) is 16.9. The minimum atomic E-state index is 0.0948. The van der Waals surface area contributed by atoms with Gasteiger partial charge in [-0.2, -0.15) is 5.10 Å². The largest absolute Gasteiger partial charge is 0.496 e. The number of likely N-dealkylation sites (N-methyl/N-ethyl adjacent to an activating group) is 1. The number of hydrogen-bond acceptors (Lipinski definition) is 3. The van der Waals surface area contributed by atoms with Crippen LogP contribution >= 0.6 is 0 Å². The first-order valence-electron chi connectivity index (χ1n) is 5.82. The quantitative estimate of drug-likeness (QED) is 0.873. The second kappa shape index (κ2) is 4.22. The topological polar surface area (TPSA) is 38.6 Å². The number of aromatic nitrogens is 2. The molecular weight excluding hydrogens is 214 g/mol. The van der Waals surface area contributed by atoms with Crippen molar-refractivity contribution in [1.29, 1.82) is 0 Å². The third kappa shape index (κ3) is 1.70. The molecule has 0 radical (unpaired) electrons. The lowest BCUT2D eigenvalue weighted by Crippen LogP contribution is -2.18. The van der Waals surface area contributed by atoms with Crippen molar-refractivity contribution in [3.05, 3.63) is 48.0 Å². The van der Waals surface area contributed by atoms with Gasteiger partial charge in [0.15, 0.2) is 0 Å². The fourth-order valence-corrected chi connectivity index (χ4v) is 2.27. The second-order valence-electron chi connectivity index (χ2n) is 4.10. The molecule has 0 aromatic carbocycles. The first-order chi connectivity index (χ1) is 8.40. The number of rotatable bonds is 3. The Kier molecular flexibility index (Phi) is 2.57. The molecule has 1 aliphatic rings. The summed E-state index contributed by atoms with van der Waals surface area (Å²) in [7, 11) is 1.94. The molecule has 0 aliphatic carbocycles. The highest BCUT2D eigenvalue weighted by atomic mass is 16.5. The van der Waals surface area contributed by atoms with Crippen LogP contribution in [0.4, 0.5) is 0 Å². The maximum absolute atomic E-state index is 5.64. The molecule has 4 heteroatoms. The number of nitrogens with one attached hydrogen (secondary N) is 1. The highest BCUT2D eigenvalue weighted by Gasteiger charge is 2.22. The van der Waals surface area contributed by atoms with Crippen LogP contribution in [0.2, 0.25) is 0 Å². The highest BCUT2D eigenvalue weighted by molar-refractivity contribution is 5.56. The van der Waals surface area contributed by atoms with E-state index in [0.717, 1.165) is 29.9 Å². The minimum absolute atomic E-state index is 0.0948. The van der Waals surface area contributed by atoms with E-state index in [9.17, 15) is 0 Å². The van der Waals surface area contributed by atoms with Crippen LogP contribution in [-0.4, -0.2) is 23.3 Å². The molecule has 0 spiro atoms. The van der Waals surface area contributed by atoms with E-state index in [2.05, 4.69) is 22.6 Å². The van der Waals surface area contributed by atoms with Crippen molar-refractivity contribution < 1.29 is 4.74 Å². The van der Waals surface area contributed by atoms with Crippen molar-refractivity contribution in [2.24, 2.45) is 0 Å². The Bertz CT molecular complexity index is 559. The monoisotopic (exact) mass is 229 g/mol. The third-order valence-corrected chi connectivity index (χ3v) is 3.07. The minimum Gasteiger partial charge on any atom is -0.496 e. The van der Waals surface area contributed by atoms with Gasteiger partial charge < -0.3 is 10.1 Å². The van der Waals surface area contributed by atoms with Crippen LogP contribution in [0.3, 0.4) is 0 Å². The first kappa shape index (κ1) is 10.4. The van der Waals surface area contributed by atoms with Gasteiger partial charge in [0.05, 0.1) is 24.4 Å². The Morgan fingerprint density at radius 3 is 3.18 bits per heavy atom. The SMILES string of the molecule is CNC(C1=CCCO1)c1cnn2ccccc12. The van der Waals surface area contributed by atoms with Crippen LogP contribution in [-0.2, 0) is 4.74 Å². The summed E-state index contributed by atoms with van der Waals surface area (Å²) in [6.45, 7) is 0.784. The maximum Gasteiger partial charge on any atom is 0.114 e. The molecule has 3 rings (SSSR count). The summed E-state index contributed by atoms with van der Waals surface area (Å²) >= 11 is 0. The predicted molar refractivity (Wildman–Crippen MR) is 65.6 cm³/mol. The third-order valence-electron chi connectivity index (χ3n) is 3.07. The van der Waals surface area contributed by atoms with Gasteiger partial charge in [0.2, 0.25) is 0 Å². The molecule has 0 saturated carbocycles. The lowest BCUT2D eigenvalue weighted by Gasteiger charge is -2.16. The molecule has 4 nitrogen and oxygen atoms in total. The molecule has 1 N–H and O–H groups in total. The average Bonchev–Trinajstić information content (AvgIpc) is 3.01. The molecule has 1 aliphatic heterocycles. The van der Waals surface area contributed by atoms with Crippen LogP contribution in [0.5, 0.6) is 0 Å². The number of ether oxygens (including phenoxy) is 1. The number of nitrogens with zero attached hydrogens (tertiary/aromatic N) is 2. The smallest absolute Gasteiger partial charge is 0.114 e. The zero-order chi connectivity index (χ0) is 11.7. The van der Waals surface area contributed by atoms with Crippen molar-refractivity contribution in [1.82, 2.24) is 14.9 Å². The molecule has 2 aromatic heterocycles. The number of fused-ring (bicyclic) bond motifs is 1. The summed E-state index contributed by atoms with van der Waals surface area (Å²) in [5, 5.41) is 7.64. The number of hydrogen-bond donors (Lipinski definition) is 1. The van der Waals surface area contributed by atoms with Crippen molar-refractivity contribution >= 4 is 5.52 Å². The van der Waals surface area contributed by atoms with Crippen molar-refractivity contribution in [2.45, 2.75) is 12.5 Å². The Morgan fingerprint density at radius 1 is 1.47 bits per heavy atom. The molecule has 3 heterocycles. The summed E-state index contributed by atoms with van der Waals surface area (Å²) in [6, 6.07) is 6.17. The fourth-order valence-electron chi connectivity index (χ4n) is 2.27. The average molecular weight is 229 g/mol. The van der Waals surface area contributed by atoms with Gasteiger partial charge in [-0.05, 0) is 25.3 Å². The molecule has 1 atom stereocenters. The van der Waals surface area contributed by atoms with E-state index in [1.807, 2.05) is 36.1 Å². The van der Waals surface area contributed by atoms with Gasteiger partial charge in [0.25, 0.3) is 0 Å². The summed E-state index contributed by atoms with van der Waals surface area (Å²) in [5.74, 6) is 1.01. The van der Waals surface area contributed by atoms with Gasteiger partial charge in [-0.15, -0.1) is 0 Å². The van der Waals surface area contributed by atoms with E-state index in [0.29, 0.717) is 0 Å². The molecular formula is C13H15N3O. The molecule has 2 aromatic rings. The van der Waals surface area contributed by atoms with Crippen molar-refractivity contribution in [3.63, 3.8) is 0 Å². The molecule has 17 heavy (non-hydrogen) atoms. The molecule has 0 amide bonds. The highest BCUT2D eigenvalue weighted by Crippen LogP contribution is 2.28. The molecule has 0 bridgehead atoms. The Balaban J connectivity index is 2.06. The van der Waals surface area contributed by atoms with E-state index < -0.39 is 0 Å². The summed E-state index contributed by atoms with van der Waals surface area (Å²) in [6.07, 6.45) is 6.99. The van der Waals surface area contributed by atoms with Crippen LogP contribution in [0.15, 0.2) is 42.4 Å². The van der Waals surface area contributed by atoms with Crippen LogP contribution in [0.1, 0.15) is 18.0 Å². The van der Waals surface area contributed by atoms with Gasteiger partial charge in [0, 0.05) is 18.2 Å². The zero-order valence-corrected chi connectivity index (χ0v) is 9.76. The van der Waals surface area contributed by atoms with E-state index in [4.69, 9.17) is 4.74 Å². The van der Waals surface area contributed by atoms with E-state index >= 15 is 0 Å². The Hall–Kier alpha value is -1.81. The van der Waals surface area contributed by atoms with Crippen LogP contribution in [0, 0.1) is 0 Å². The number of pyridine rings is 1. The van der Waals surface area contributed by atoms with Crippen LogP contribution in [0.25, 0.3) is 5.52 Å². The van der Waals surface area contributed by atoms with Gasteiger partial charge in [-0.1, -0.05) is 6.07 Å². The Morgan fingerprint density at radius 2 is 2.41 bits per heavy atom. The summed E-state index contributed by atoms with van der Waals surface area (Å²) in [5.41, 5.74) is 2.27. The zero-order valence-electron chi connectivity index (χ0n) is 9.76. The second-order valence-corrected chi connectivity index (χ2v) is 4.10. The Labute approximate surface area is 99.9 Å². The predicted octanol–water partition coefficient (Wildman–Crippen LogP) is 1.90. The van der Waals surface area contributed by atoms with Crippen molar-refractivity contribution in [3.8, 4) is 0 Å².